The Morgan fingerprint density at radius 2 is 1.33 bits per heavy atom. The summed E-state index contributed by atoms with van der Waals surface area (Å²) in [6, 6.07) is 40.4. The van der Waals surface area contributed by atoms with Gasteiger partial charge in [-0.2, -0.15) is 0 Å². The summed E-state index contributed by atoms with van der Waals surface area (Å²) < 4.78 is 6.13. The van der Waals surface area contributed by atoms with Crippen LogP contribution in [0.25, 0.3) is 32.5 Å². The number of rotatable bonds is 5. The molecule has 42 heavy (non-hydrogen) atoms. The summed E-state index contributed by atoms with van der Waals surface area (Å²) in [4.78, 5) is 5.68. The van der Waals surface area contributed by atoms with Crippen LogP contribution in [0.15, 0.2) is 138 Å². The molecule has 1 aliphatic heterocycles. The van der Waals surface area contributed by atoms with Crippen molar-refractivity contribution in [3.63, 3.8) is 0 Å². The van der Waals surface area contributed by atoms with Crippen LogP contribution in [0.4, 0.5) is 17.1 Å². The molecule has 0 amide bonds. The Morgan fingerprint density at radius 1 is 0.786 bits per heavy atom. The lowest BCUT2D eigenvalue weighted by Gasteiger charge is -2.32. The van der Waals surface area contributed by atoms with E-state index in [2.05, 4.69) is 119 Å². The molecule has 202 valence electrons. The van der Waals surface area contributed by atoms with Crippen LogP contribution in [0, 0.1) is 17.9 Å². The Kier molecular flexibility index (Phi) is 7.05. The van der Waals surface area contributed by atoms with Crippen molar-refractivity contribution < 1.29 is 4.74 Å². The van der Waals surface area contributed by atoms with Gasteiger partial charge in [0.25, 0.3) is 5.70 Å². The molecule has 1 aliphatic rings. The molecule has 4 nitrogen and oxygen atoms in total. The fourth-order valence-electron chi connectivity index (χ4n) is 5.46. The first-order valence-electron chi connectivity index (χ1n) is 13.9. The first-order chi connectivity index (χ1) is 20.4. The molecule has 0 N–H and O–H groups in total. The molecule has 0 unspecified atom stereocenters. The standard InChI is InChI=1S/C38H29N3O/c1-38(2)25-32(37(26-39)40-3)24-36(42-38)21-14-27-12-17-33(18-13-27)41(34-19-15-28-8-4-6-10-30(28)22-34)35-20-16-29-9-5-7-11-31(29)23-35/h4-24H,25H2,1-2H3/b21-14+,37-32+. The summed E-state index contributed by atoms with van der Waals surface area (Å²) in [5, 5.41) is 14.2. The Morgan fingerprint density at radius 3 is 1.88 bits per heavy atom. The molecule has 0 saturated carbocycles. The zero-order chi connectivity index (χ0) is 29.1. The summed E-state index contributed by atoms with van der Waals surface area (Å²) in [5.41, 5.74) is 4.56. The maximum Gasteiger partial charge on any atom is 0.265 e. The SMILES string of the molecule is [C-]#[N+]/C(C#N)=C1C=C(/C=C/c2ccc(N(c3ccc4ccccc4c3)c3ccc4ccccc4c3)cc2)OC(C)(C)C\1. The van der Waals surface area contributed by atoms with E-state index in [9.17, 15) is 5.26 Å². The highest BCUT2D eigenvalue weighted by Crippen LogP contribution is 2.38. The van der Waals surface area contributed by atoms with Crippen molar-refractivity contribution in [3.05, 3.63) is 155 Å². The van der Waals surface area contributed by atoms with Gasteiger partial charge in [-0.25, -0.2) is 10.1 Å². The van der Waals surface area contributed by atoms with E-state index in [0.717, 1.165) is 22.6 Å². The van der Waals surface area contributed by atoms with Crippen molar-refractivity contribution in [2.75, 3.05) is 4.90 Å². The van der Waals surface area contributed by atoms with Crippen molar-refractivity contribution >= 4 is 44.7 Å². The fraction of sp³-hybridized carbons (Fsp3) is 0.105. The van der Waals surface area contributed by atoms with Crippen LogP contribution < -0.4 is 4.90 Å². The molecule has 0 bridgehead atoms. The smallest absolute Gasteiger partial charge is 0.265 e. The van der Waals surface area contributed by atoms with E-state index < -0.39 is 5.60 Å². The third-order valence-corrected chi connectivity index (χ3v) is 7.42. The Balaban J connectivity index is 1.36. The van der Waals surface area contributed by atoms with E-state index in [1.54, 1.807) is 6.08 Å². The first-order valence-corrected chi connectivity index (χ1v) is 13.9. The zero-order valence-electron chi connectivity index (χ0n) is 23.6. The molecular formula is C38H29N3O. The van der Waals surface area contributed by atoms with Crippen LogP contribution in [-0.2, 0) is 4.74 Å². The van der Waals surface area contributed by atoms with E-state index in [-0.39, 0.29) is 5.70 Å². The minimum absolute atomic E-state index is 0.115. The van der Waals surface area contributed by atoms with Gasteiger partial charge in [-0.05, 0) is 95.1 Å². The molecule has 0 atom stereocenters. The molecule has 0 aliphatic carbocycles. The predicted octanol–water partition coefficient (Wildman–Crippen LogP) is 10.3. The molecule has 5 aromatic carbocycles. The van der Waals surface area contributed by atoms with Crippen molar-refractivity contribution in [3.8, 4) is 6.07 Å². The van der Waals surface area contributed by atoms with Gasteiger partial charge < -0.3 is 9.64 Å². The van der Waals surface area contributed by atoms with Gasteiger partial charge in [0.05, 0.1) is 12.6 Å². The molecule has 0 fully saturated rings. The number of hydrogen-bond donors (Lipinski definition) is 0. The summed E-state index contributed by atoms with van der Waals surface area (Å²) in [6.45, 7) is 11.3. The number of nitrogens with zero attached hydrogens (tertiary/aromatic N) is 3. The number of allylic oxidation sites excluding steroid dienone is 3. The first kappa shape index (κ1) is 26.6. The van der Waals surface area contributed by atoms with Gasteiger partial charge in [-0.15, -0.1) is 0 Å². The van der Waals surface area contributed by atoms with Crippen LogP contribution >= 0.6 is 0 Å². The highest BCUT2D eigenvalue weighted by atomic mass is 16.5. The van der Waals surface area contributed by atoms with Crippen molar-refractivity contribution in [1.29, 1.82) is 5.26 Å². The lowest BCUT2D eigenvalue weighted by Crippen LogP contribution is -2.27. The van der Waals surface area contributed by atoms with Crippen LogP contribution in [0.1, 0.15) is 25.8 Å². The maximum absolute atomic E-state index is 9.37. The van der Waals surface area contributed by atoms with Gasteiger partial charge in [0.15, 0.2) is 0 Å². The molecule has 4 heteroatoms. The van der Waals surface area contributed by atoms with Crippen LogP contribution in [-0.4, -0.2) is 5.60 Å². The Labute approximate surface area is 246 Å². The van der Waals surface area contributed by atoms with Gasteiger partial charge in [0.1, 0.15) is 11.4 Å². The second-order valence-electron chi connectivity index (χ2n) is 11.0. The molecule has 0 aromatic heterocycles. The lowest BCUT2D eigenvalue weighted by molar-refractivity contribution is 0.0356. The van der Waals surface area contributed by atoms with Crippen LogP contribution in [0.3, 0.4) is 0 Å². The summed E-state index contributed by atoms with van der Waals surface area (Å²) in [6.07, 6.45) is 6.21. The average Bonchev–Trinajstić information content (AvgIpc) is 3.00. The number of hydrogen-bond acceptors (Lipinski definition) is 3. The molecule has 0 saturated heterocycles. The largest absolute Gasteiger partial charge is 0.488 e. The van der Waals surface area contributed by atoms with E-state index in [0.29, 0.717) is 17.8 Å². The Bertz CT molecular complexity index is 1890. The van der Waals surface area contributed by atoms with E-state index in [4.69, 9.17) is 11.3 Å². The summed E-state index contributed by atoms with van der Waals surface area (Å²) in [7, 11) is 0. The van der Waals surface area contributed by atoms with E-state index in [1.165, 1.54) is 21.5 Å². The second kappa shape index (κ2) is 11.1. The third kappa shape index (κ3) is 5.52. The summed E-state index contributed by atoms with van der Waals surface area (Å²) >= 11 is 0. The minimum Gasteiger partial charge on any atom is -0.488 e. The highest BCUT2D eigenvalue weighted by Gasteiger charge is 2.27. The van der Waals surface area contributed by atoms with Crippen LogP contribution in [0.5, 0.6) is 0 Å². The molecule has 0 spiro atoms. The monoisotopic (exact) mass is 543 g/mol. The van der Waals surface area contributed by atoms with Crippen LogP contribution in [0.2, 0.25) is 0 Å². The normalized spacial score (nSPS) is 15.5. The molecular weight excluding hydrogens is 514 g/mol. The average molecular weight is 544 g/mol. The number of benzene rings is 5. The Hall–Kier alpha value is -5.58. The minimum atomic E-state index is -0.499. The maximum atomic E-state index is 9.37. The van der Waals surface area contributed by atoms with Gasteiger partial charge in [0.2, 0.25) is 0 Å². The number of fused-ring (bicyclic) bond motifs is 2. The number of nitriles is 1. The van der Waals surface area contributed by atoms with Gasteiger partial charge >= 0.3 is 0 Å². The predicted molar refractivity (Wildman–Crippen MR) is 172 cm³/mol. The van der Waals surface area contributed by atoms with Crippen molar-refractivity contribution in [2.24, 2.45) is 0 Å². The zero-order valence-corrected chi connectivity index (χ0v) is 23.6. The lowest BCUT2D eigenvalue weighted by atomic mass is 9.93. The number of anilines is 3. The van der Waals surface area contributed by atoms with Crippen molar-refractivity contribution in [2.45, 2.75) is 25.9 Å². The van der Waals surface area contributed by atoms with Crippen molar-refractivity contribution in [1.82, 2.24) is 0 Å². The topological polar surface area (TPSA) is 40.6 Å². The quantitative estimate of drug-likeness (QED) is 0.164. The van der Waals surface area contributed by atoms with Gasteiger partial charge in [-0.3, -0.25) is 0 Å². The molecule has 6 rings (SSSR count). The third-order valence-electron chi connectivity index (χ3n) is 7.42. The molecule has 1 heterocycles. The summed E-state index contributed by atoms with van der Waals surface area (Å²) in [5.74, 6) is 0.635. The van der Waals surface area contributed by atoms with Gasteiger partial charge in [0, 0.05) is 23.5 Å². The highest BCUT2D eigenvalue weighted by molar-refractivity contribution is 5.92. The fourth-order valence-corrected chi connectivity index (χ4v) is 5.46. The molecule has 5 aromatic rings. The second-order valence-corrected chi connectivity index (χ2v) is 11.0. The van der Waals surface area contributed by atoms with Gasteiger partial charge in [-0.1, -0.05) is 78.9 Å². The van der Waals surface area contributed by atoms with E-state index in [1.807, 2.05) is 32.1 Å². The molecule has 0 radical (unpaired) electrons. The van der Waals surface area contributed by atoms with E-state index >= 15 is 0 Å². The number of ether oxygens (including phenoxy) is 1.